The zero-order valence-corrected chi connectivity index (χ0v) is 12.4. The number of furan rings is 3. The van der Waals surface area contributed by atoms with E-state index in [9.17, 15) is 9.59 Å². The van der Waals surface area contributed by atoms with Gasteiger partial charge in [0.2, 0.25) is 0 Å². The molecule has 0 amide bonds. The highest BCUT2D eigenvalue weighted by Crippen LogP contribution is 2.55. The molecule has 1 atom stereocenters. The van der Waals surface area contributed by atoms with Gasteiger partial charge in [-0.05, 0) is 13.8 Å². The maximum Gasteiger partial charge on any atom is 0.348 e. The fourth-order valence-electron chi connectivity index (χ4n) is 4.09. The Morgan fingerprint density at radius 2 is 1.87 bits per heavy atom. The van der Waals surface area contributed by atoms with Crippen molar-refractivity contribution in [2.45, 2.75) is 32.1 Å². The molecular formula is C17H10O6. The van der Waals surface area contributed by atoms with Crippen molar-refractivity contribution in [3.63, 3.8) is 0 Å². The Kier molecular flexibility index (Phi) is 1.60. The lowest BCUT2D eigenvalue weighted by Crippen LogP contribution is -2.29. The largest absolute Gasteiger partial charge is 0.460 e. The fraction of sp³-hybridized carbons (Fsp3) is 0.294. The summed E-state index contributed by atoms with van der Waals surface area (Å²) < 4.78 is 22.2. The van der Waals surface area contributed by atoms with Crippen LogP contribution >= 0.6 is 0 Å². The van der Waals surface area contributed by atoms with Gasteiger partial charge >= 0.3 is 11.9 Å². The monoisotopic (exact) mass is 310 g/mol. The number of rotatable bonds is 2. The van der Waals surface area contributed by atoms with Gasteiger partial charge in [0, 0.05) is 29.5 Å². The lowest BCUT2D eigenvalue weighted by Gasteiger charge is -2.11. The van der Waals surface area contributed by atoms with Gasteiger partial charge in [-0.1, -0.05) is 0 Å². The molecule has 3 aromatic heterocycles. The first-order valence-corrected chi connectivity index (χ1v) is 7.46. The molecule has 114 valence electrons. The minimum absolute atomic E-state index is 0.269. The van der Waals surface area contributed by atoms with Gasteiger partial charge < -0.3 is 18.3 Å². The zero-order chi connectivity index (χ0) is 15.7. The van der Waals surface area contributed by atoms with E-state index in [1.807, 2.05) is 13.8 Å². The zero-order valence-electron chi connectivity index (χ0n) is 12.4. The lowest BCUT2D eigenvalue weighted by atomic mass is 9.81. The predicted octanol–water partition coefficient (Wildman–Crippen LogP) is 2.63. The van der Waals surface area contributed by atoms with Gasteiger partial charge in [-0.3, -0.25) is 4.79 Å². The van der Waals surface area contributed by atoms with E-state index in [1.165, 1.54) is 0 Å². The molecule has 6 heteroatoms. The SMILES string of the molecule is Cc1c2c3oc1c(Cc1c4oc5c1OC(=O)[C@]5(C)C4)c3C(=O)O2. The average Bonchev–Trinajstić information content (AvgIpc) is 3.25. The summed E-state index contributed by atoms with van der Waals surface area (Å²) in [6.07, 6.45) is 0.950. The van der Waals surface area contributed by atoms with Gasteiger partial charge in [-0.2, -0.15) is 0 Å². The van der Waals surface area contributed by atoms with Crippen LogP contribution in [-0.4, -0.2) is 11.9 Å². The van der Waals surface area contributed by atoms with Gasteiger partial charge in [0.05, 0.1) is 0 Å². The average molecular weight is 310 g/mol. The number of benzene rings is 1. The maximum atomic E-state index is 12.1. The van der Waals surface area contributed by atoms with Crippen LogP contribution in [0.5, 0.6) is 11.5 Å². The first-order valence-electron chi connectivity index (χ1n) is 7.46. The van der Waals surface area contributed by atoms with Crippen LogP contribution in [0.2, 0.25) is 0 Å². The van der Waals surface area contributed by atoms with Crippen LogP contribution in [0.15, 0.2) is 8.83 Å². The quantitative estimate of drug-likeness (QED) is 0.677. The van der Waals surface area contributed by atoms with E-state index >= 15 is 0 Å². The Hall–Kier alpha value is -2.76. The molecule has 0 radical (unpaired) electrons. The highest BCUT2D eigenvalue weighted by molar-refractivity contribution is 6.11. The van der Waals surface area contributed by atoms with Crippen molar-refractivity contribution in [1.82, 2.24) is 0 Å². The van der Waals surface area contributed by atoms with Gasteiger partial charge in [0.25, 0.3) is 0 Å². The molecule has 0 fully saturated rings. The molecule has 4 bridgehead atoms. The summed E-state index contributed by atoms with van der Waals surface area (Å²) in [5.41, 5.74) is 3.50. The topological polar surface area (TPSA) is 78.9 Å². The first kappa shape index (κ1) is 11.8. The normalized spacial score (nSPS) is 23.4. The summed E-state index contributed by atoms with van der Waals surface area (Å²) in [6.45, 7) is 3.71. The molecule has 6 heterocycles. The van der Waals surface area contributed by atoms with Crippen LogP contribution in [0.3, 0.4) is 0 Å². The number of fused-ring (bicyclic) bond motifs is 2. The van der Waals surface area contributed by atoms with Crippen LogP contribution in [0.1, 0.15) is 45.5 Å². The van der Waals surface area contributed by atoms with E-state index < -0.39 is 5.41 Å². The summed E-state index contributed by atoms with van der Waals surface area (Å²) >= 11 is 0. The van der Waals surface area contributed by atoms with Crippen LogP contribution in [0.4, 0.5) is 0 Å². The van der Waals surface area contributed by atoms with E-state index in [-0.39, 0.29) is 11.9 Å². The Bertz CT molecular complexity index is 1080. The summed E-state index contributed by atoms with van der Waals surface area (Å²) in [5, 5.41) is 0. The highest BCUT2D eigenvalue weighted by Gasteiger charge is 2.56. The molecule has 3 aromatic rings. The summed E-state index contributed by atoms with van der Waals surface area (Å²) in [4.78, 5) is 24.1. The van der Waals surface area contributed by atoms with Crippen molar-refractivity contribution in [1.29, 1.82) is 0 Å². The van der Waals surface area contributed by atoms with Crippen LogP contribution in [0, 0.1) is 6.92 Å². The van der Waals surface area contributed by atoms with Gasteiger partial charge in [0.15, 0.2) is 22.8 Å². The molecule has 0 aromatic carbocycles. The van der Waals surface area contributed by atoms with Crippen LogP contribution in [-0.2, 0) is 23.1 Å². The summed E-state index contributed by atoms with van der Waals surface area (Å²) in [6, 6.07) is 0. The molecule has 3 aliphatic rings. The van der Waals surface area contributed by atoms with E-state index in [0.717, 1.165) is 22.5 Å². The van der Waals surface area contributed by atoms with Crippen molar-refractivity contribution < 1.29 is 27.9 Å². The van der Waals surface area contributed by atoms with Gasteiger partial charge in [-0.15, -0.1) is 0 Å². The lowest BCUT2D eigenvalue weighted by molar-refractivity contribution is -0.137. The second kappa shape index (κ2) is 3.13. The Balaban J connectivity index is 1.54. The second-order valence-corrected chi connectivity index (χ2v) is 6.69. The number of ether oxygens (including phenoxy) is 2. The third-order valence-corrected chi connectivity index (χ3v) is 5.35. The van der Waals surface area contributed by atoms with E-state index in [1.54, 1.807) is 0 Å². The number of carbonyl (C=O) groups excluding carboxylic acids is 2. The highest BCUT2D eigenvalue weighted by atomic mass is 16.6. The smallest absolute Gasteiger partial charge is 0.348 e. The summed E-state index contributed by atoms with van der Waals surface area (Å²) in [7, 11) is 0. The van der Waals surface area contributed by atoms with Crippen molar-refractivity contribution in [3.8, 4) is 11.5 Å². The number of hydrogen-bond acceptors (Lipinski definition) is 6. The number of hydrogen-bond donors (Lipinski definition) is 0. The molecule has 0 aliphatic carbocycles. The van der Waals surface area contributed by atoms with E-state index in [4.69, 9.17) is 18.3 Å². The molecule has 23 heavy (non-hydrogen) atoms. The van der Waals surface area contributed by atoms with Crippen molar-refractivity contribution in [2.75, 3.05) is 0 Å². The Morgan fingerprint density at radius 1 is 1.04 bits per heavy atom. The van der Waals surface area contributed by atoms with Crippen molar-refractivity contribution >= 4 is 23.1 Å². The molecule has 6 nitrogen and oxygen atoms in total. The van der Waals surface area contributed by atoms with E-state index in [2.05, 4.69) is 0 Å². The molecule has 0 spiro atoms. The fourth-order valence-corrected chi connectivity index (χ4v) is 4.09. The Labute approximate surface area is 129 Å². The Morgan fingerprint density at radius 3 is 2.70 bits per heavy atom. The number of aryl methyl sites for hydroxylation is 1. The van der Waals surface area contributed by atoms with E-state index in [0.29, 0.717) is 46.8 Å². The molecular weight excluding hydrogens is 300 g/mol. The minimum Gasteiger partial charge on any atom is -0.460 e. The minimum atomic E-state index is -0.672. The molecule has 6 rings (SSSR count). The maximum absolute atomic E-state index is 12.1. The molecule has 3 aliphatic heterocycles. The molecule has 0 N–H and O–H groups in total. The van der Waals surface area contributed by atoms with Crippen LogP contribution in [0.25, 0.3) is 11.2 Å². The molecule has 0 saturated carbocycles. The van der Waals surface area contributed by atoms with Crippen molar-refractivity contribution in [3.05, 3.63) is 33.8 Å². The number of esters is 2. The third-order valence-electron chi connectivity index (χ3n) is 5.35. The predicted molar refractivity (Wildman–Crippen MR) is 75.3 cm³/mol. The number of carbonyl (C=O) groups is 2. The van der Waals surface area contributed by atoms with Crippen molar-refractivity contribution in [2.24, 2.45) is 0 Å². The standard InChI is InChI=1S/C17H10O6/c1-5-10-7(9-13(21-10)11(5)22-15(9)18)3-6-8-4-17(2)14(20-8)12(6)23-16(17)19/h3-4H2,1-2H3/t17-/m1/s1. The second-order valence-electron chi connectivity index (χ2n) is 6.69. The van der Waals surface area contributed by atoms with Crippen LogP contribution < -0.4 is 9.47 Å². The van der Waals surface area contributed by atoms with Gasteiger partial charge in [-0.25, -0.2) is 4.79 Å². The molecule has 0 saturated heterocycles. The molecule has 0 unspecified atom stereocenters. The van der Waals surface area contributed by atoms with Gasteiger partial charge in [0.1, 0.15) is 22.3 Å². The first-order chi connectivity index (χ1) is 11.0. The summed E-state index contributed by atoms with van der Waals surface area (Å²) in [5.74, 6) is 1.79. The third kappa shape index (κ3) is 1.04.